The molecule has 2 aromatic heterocycles. The molecule has 26 heavy (non-hydrogen) atoms. The van der Waals surface area contributed by atoms with E-state index in [0.29, 0.717) is 5.92 Å². The summed E-state index contributed by atoms with van der Waals surface area (Å²) in [4.78, 5) is 14.0. The lowest BCUT2D eigenvalue weighted by atomic mass is 10.1. The lowest BCUT2D eigenvalue weighted by molar-refractivity contribution is 0.0625. The third kappa shape index (κ3) is 3.58. The van der Waals surface area contributed by atoms with Gasteiger partial charge in [-0.2, -0.15) is 0 Å². The molecule has 2 aromatic rings. The zero-order chi connectivity index (χ0) is 18.1. The molecule has 0 saturated carbocycles. The largest absolute Gasteiger partial charge is 0.379 e. The van der Waals surface area contributed by atoms with E-state index in [1.54, 1.807) is 11.8 Å². The highest BCUT2D eigenvalue weighted by Crippen LogP contribution is 2.27. The number of thioether (sulfide) groups is 1. The summed E-state index contributed by atoms with van der Waals surface area (Å²) in [6.45, 7) is 9.34. The van der Waals surface area contributed by atoms with Crippen LogP contribution >= 0.6 is 11.8 Å². The minimum absolute atomic E-state index is 0.285. The molecule has 2 fully saturated rings. The molecule has 4 heterocycles. The van der Waals surface area contributed by atoms with E-state index < -0.39 is 0 Å². The zero-order valence-electron chi connectivity index (χ0n) is 15.5. The lowest BCUT2D eigenvalue weighted by Crippen LogP contribution is -2.44. The van der Waals surface area contributed by atoms with Crippen LogP contribution in [0.4, 0.5) is 5.82 Å². The first-order chi connectivity index (χ1) is 12.6. The predicted octanol–water partition coefficient (Wildman–Crippen LogP) is 2.14. The van der Waals surface area contributed by atoms with Gasteiger partial charge >= 0.3 is 0 Å². The number of fused-ring (bicyclic) bond motifs is 3. The first-order valence-electron chi connectivity index (χ1n) is 8.99. The molecule has 0 radical (unpaired) electrons. The van der Waals surface area contributed by atoms with Gasteiger partial charge in [-0.3, -0.25) is 4.90 Å². The van der Waals surface area contributed by atoms with Crippen molar-refractivity contribution in [2.24, 2.45) is 5.92 Å². The van der Waals surface area contributed by atoms with Crippen molar-refractivity contribution in [3.8, 4) is 0 Å². The maximum Gasteiger partial charge on any atom is 0.189 e. The number of nitrogens with zero attached hydrogens (tertiary/aromatic N) is 5. The number of aromatic nitrogens is 3. The van der Waals surface area contributed by atoms with Crippen molar-refractivity contribution in [1.29, 1.82) is 0 Å². The molecule has 2 atom stereocenters. The van der Waals surface area contributed by atoms with Crippen LogP contribution in [0.15, 0.2) is 21.9 Å². The summed E-state index contributed by atoms with van der Waals surface area (Å²) in [6.07, 6.45) is 3.86. The highest BCUT2D eigenvalue weighted by atomic mass is 32.2. The van der Waals surface area contributed by atoms with Crippen LogP contribution < -0.4 is 4.90 Å². The van der Waals surface area contributed by atoms with Gasteiger partial charge in [-0.25, -0.2) is 9.97 Å². The Kier molecular flexibility index (Phi) is 5.15. The van der Waals surface area contributed by atoms with Crippen molar-refractivity contribution in [3.63, 3.8) is 0 Å². The van der Waals surface area contributed by atoms with Gasteiger partial charge in [0.1, 0.15) is 11.6 Å². The molecule has 0 aliphatic carbocycles. The Morgan fingerprint density at radius 2 is 2.12 bits per heavy atom. The molecule has 0 amide bonds. The van der Waals surface area contributed by atoms with Gasteiger partial charge in [0.2, 0.25) is 0 Å². The van der Waals surface area contributed by atoms with E-state index in [1.807, 2.05) is 32.4 Å². The second kappa shape index (κ2) is 7.54. The molecule has 0 aromatic carbocycles. The van der Waals surface area contributed by atoms with Crippen LogP contribution in [0, 0.1) is 19.8 Å². The van der Waals surface area contributed by atoms with Crippen molar-refractivity contribution >= 4 is 17.6 Å². The average Bonchev–Trinajstić information content (AvgIpc) is 2.82. The number of anilines is 1. The Morgan fingerprint density at radius 1 is 1.23 bits per heavy atom. The molecule has 2 aliphatic rings. The Bertz CT molecular complexity index is 748. The van der Waals surface area contributed by atoms with E-state index in [1.165, 1.54) is 5.56 Å². The molecule has 2 saturated heterocycles. The summed E-state index contributed by atoms with van der Waals surface area (Å²) in [5.74, 6) is 2.38. The van der Waals surface area contributed by atoms with E-state index >= 15 is 0 Å². The summed E-state index contributed by atoms with van der Waals surface area (Å²) >= 11 is 1.58. The van der Waals surface area contributed by atoms with Gasteiger partial charge in [-0.1, -0.05) is 16.9 Å². The summed E-state index contributed by atoms with van der Waals surface area (Å²) in [6, 6.07) is 2.30. The minimum atomic E-state index is 0.285. The lowest BCUT2D eigenvalue weighted by Gasteiger charge is -2.31. The average molecular weight is 375 g/mol. The SMILES string of the molecule is CSc1nccc(N2C[C@H]3COC[C@@H]2CN(Cc2c(C)noc2C)C3)n1. The van der Waals surface area contributed by atoms with Crippen LogP contribution in [0.3, 0.4) is 0 Å². The molecular formula is C18H25N5O2S. The Balaban J connectivity index is 1.57. The van der Waals surface area contributed by atoms with Gasteiger partial charge in [0.25, 0.3) is 0 Å². The van der Waals surface area contributed by atoms with Crippen LogP contribution in [-0.4, -0.2) is 65.2 Å². The maximum absolute atomic E-state index is 5.95. The fourth-order valence-electron chi connectivity index (χ4n) is 3.89. The van der Waals surface area contributed by atoms with Gasteiger partial charge in [0.15, 0.2) is 5.16 Å². The van der Waals surface area contributed by atoms with Crippen molar-refractivity contribution in [3.05, 3.63) is 29.3 Å². The van der Waals surface area contributed by atoms with E-state index in [2.05, 4.69) is 19.9 Å². The van der Waals surface area contributed by atoms with E-state index in [4.69, 9.17) is 14.2 Å². The molecule has 140 valence electrons. The first-order valence-corrected chi connectivity index (χ1v) is 10.2. The number of aryl methyl sites for hydroxylation is 2. The smallest absolute Gasteiger partial charge is 0.189 e. The van der Waals surface area contributed by atoms with Crippen molar-refractivity contribution in [2.75, 3.05) is 44.0 Å². The van der Waals surface area contributed by atoms with Gasteiger partial charge in [0, 0.05) is 43.9 Å². The van der Waals surface area contributed by atoms with E-state index in [0.717, 1.165) is 61.8 Å². The third-order valence-electron chi connectivity index (χ3n) is 5.20. The summed E-state index contributed by atoms with van der Waals surface area (Å²) < 4.78 is 11.3. The van der Waals surface area contributed by atoms with E-state index in [9.17, 15) is 0 Å². The molecule has 2 aliphatic heterocycles. The fraction of sp³-hybridized carbons (Fsp3) is 0.611. The fourth-order valence-corrected chi connectivity index (χ4v) is 4.24. The van der Waals surface area contributed by atoms with Gasteiger partial charge < -0.3 is 14.2 Å². The standard InChI is InChI=1S/C18H25N5O2S/c1-12-16(13(2)25-21-12)9-22-6-14-7-23(15(8-22)11-24-10-14)17-4-5-19-18(20-17)26-3/h4-5,14-15H,6-11H2,1-3H3/t14-,15-/m0/s1. The predicted molar refractivity (Wildman–Crippen MR) is 101 cm³/mol. The summed E-state index contributed by atoms with van der Waals surface area (Å²) in [5.41, 5.74) is 2.20. The molecule has 7 nitrogen and oxygen atoms in total. The van der Waals surface area contributed by atoms with Crippen molar-refractivity contribution in [1.82, 2.24) is 20.0 Å². The maximum atomic E-state index is 5.95. The Morgan fingerprint density at radius 3 is 2.88 bits per heavy atom. The van der Waals surface area contributed by atoms with Crippen LogP contribution in [-0.2, 0) is 11.3 Å². The summed E-state index contributed by atoms with van der Waals surface area (Å²) in [5, 5.41) is 4.92. The quantitative estimate of drug-likeness (QED) is 0.595. The third-order valence-corrected chi connectivity index (χ3v) is 5.77. The minimum Gasteiger partial charge on any atom is -0.379 e. The normalized spacial score (nSPS) is 23.9. The molecule has 4 rings (SSSR count). The Hall–Kier alpha value is -1.64. The molecule has 0 N–H and O–H groups in total. The highest BCUT2D eigenvalue weighted by Gasteiger charge is 2.34. The van der Waals surface area contributed by atoms with Gasteiger partial charge in [-0.15, -0.1) is 0 Å². The van der Waals surface area contributed by atoms with Crippen LogP contribution in [0.5, 0.6) is 0 Å². The molecule has 2 bridgehead atoms. The summed E-state index contributed by atoms with van der Waals surface area (Å²) in [7, 11) is 0. The number of hydrogen-bond acceptors (Lipinski definition) is 8. The number of ether oxygens (including phenoxy) is 1. The highest BCUT2D eigenvalue weighted by molar-refractivity contribution is 7.98. The zero-order valence-corrected chi connectivity index (χ0v) is 16.3. The van der Waals surface area contributed by atoms with Crippen molar-refractivity contribution in [2.45, 2.75) is 31.6 Å². The second-order valence-electron chi connectivity index (χ2n) is 7.11. The van der Waals surface area contributed by atoms with Crippen LogP contribution in [0.1, 0.15) is 17.0 Å². The molecule has 0 spiro atoms. The van der Waals surface area contributed by atoms with Gasteiger partial charge in [0.05, 0.1) is 24.9 Å². The monoisotopic (exact) mass is 375 g/mol. The van der Waals surface area contributed by atoms with Crippen molar-refractivity contribution < 1.29 is 9.26 Å². The van der Waals surface area contributed by atoms with E-state index in [-0.39, 0.29) is 6.04 Å². The second-order valence-corrected chi connectivity index (χ2v) is 7.88. The van der Waals surface area contributed by atoms with Crippen LogP contribution in [0.2, 0.25) is 0 Å². The molecule has 8 heteroatoms. The Labute approximate surface area is 158 Å². The number of hydrogen-bond donors (Lipinski definition) is 0. The van der Waals surface area contributed by atoms with Gasteiger partial charge in [-0.05, 0) is 26.2 Å². The molecular weight excluding hydrogens is 350 g/mol. The first kappa shape index (κ1) is 17.8. The topological polar surface area (TPSA) is 67.5 Å². The number of rotatable bonds is 4. The molecule has 0 unspecified atom stereocenters. The van der Waals surface area contributed by atoms with Crippen LogP contribution in [0.25, 0.3) is 0 Å².